The largest absolute Gasteiger partial charge is 0.504 e. The van der Waals surface area contributed by atoms with E-state index in [2.05, 4.69) is 10.2 Å². The molecular formula is C22H21N3O6S. The highest BCUT2D eigenvalue weighted by Crippen LogP contribution is 2.33. The molecule has 0 aliphatic carbocycles. The molecule has 0 radical (unpaired) electrons. The van der Waals surface area contributed by atoms with Crippen molar-refractivity contribution in [1.29, 1.82) is 0 Å². The number of thioether (sulfide) groups is 1. The molecule has 2 aromatic rings. The minimum absolute atomic E-state index is 0.128. The summed E-state index contributed by atoms with van der Waals surface area (Å²) in [6.45, 7) is 2.57. The molecule has 2 aliphatic heterocycles. The average molecular weight is 455 g/mol. The van der Waals surface area contributed by atoms with Crippen LogP contribution in [0, 0.1) is 0 Å². The maximum absolute atomic E-state index is 12.6. The molecule has 0 atom stereocenters. The predicted octanol–water partition coefficient (Wildman–Crippen LogP) is 2.61. The van der Waals surface area contributed by atoms with Crippen molar-refractivity contribution >= 4 is 46.3 Å². The third kappa shape index (κ3) is 4.87. The molecule has 10 heteroatoms. The molecule has 0 aromatic heterocycles. The number of anilines is 2. The molecule has 2 aliphatic rings. The Morgan fingerprint density at radius 1 is 1.06 bits per heavy atom. The van der Waals surface area contributed by atoms with E-state index in [1.165, 1.54) is 24.3 Å². The second-order valence-electron chi connectivity index (χ2n) is 7.21. The number of carbonyl (C=O) groups excluding carboxylic acids is 3. The predicted molar refractivity (Wildman–Crippen MR) is 121 cm³/mol. The topological polar surface area (TPSA) is 119 Å². The van der Waals surface area contributed by atoms with Crippen LogP contribution < -0.4 is 10.2 Å². The summed E-state index contributed by atoms with van der Waals surface area (Å²) in [6.07, 6.45) is 1.42. The Labute approximate surface area is 188 Å². The lowest BCUT2D eigenvalue weighted by Crippen LogP contribution is -2.36. The monoisotopic (exact) mass is 455 g/mol. The van der Waals surface area contributed by atoms with Crippen LogP contribution in [0.5, 0.6) is 11.5 Å². The lowest BCUT2D eigenvalue weighted by molar-refractivity contribution is -0.127. The molecule has 32 heavy (non-hydrogen) atoms. The van der Waals surface area contributed by atoms with Gasteiger partial charge in [0, 0.05) is 24.5 Å². The highest BCUT2D eigenvalue weighted by molar-refractivity contribution is 8.18. The lowest BCUT2D eigenvalue weighted by atomic mass is 10.2. The maximum Gasteiger partial charge on any atom is 0.294 e. The van der Waals surface area contributed by atoms with Gasteiger partial charge in [0.1, 0.15) is 6.54 Å². The van der Waals surface area contributed by atoms with E-state index in [0.29, 0.717) is 36.2 Å². The molecular weight excluding hydrogens is 434 g/mol. The number of aromatic hydroxyl groups is 2. The van der Waals surface area contributed by atoms with Crippen molar-refractivity contribution < 1.29 is 29.3 Å². The van der Waals surface area contributed by atoms with E-state index in [1.807, 2.05) is 12.1 Å². The third-order valence-electron chi connectivity index (χ3n) is 5.00. The first-order chi connectivity index (χ1) is 15.4. The Hall–Kier alpha value is -3.50. The maximum atomic E-state index is 12.6. The lowest BCUT2D eigenvalue weighted by Gasteiger charge is -2.28. The normalized spacial score (nSPS) is 17.8. The number of hydrogen-bond donors (Lipinski definition) is 3. The summed E-state index contributed by atoms with van der Waals surface area (Å²) in [5, 5.41) is 21.1. The number of nitrogens with zero attached hydrogens (tertiary/aromatic N) is 2. The van der Waals surface area contributed by atoms with Crippen molar-refractivity contribution in [3.63, 3.8) is 0 Å². The van der Waals surface area contributed by atoms with Gasteiger partial charge in [0.2, 0.25) is 5.91 Å². The van der Waals surface area contributed by atoms with Gasteiger partial charge in [-0.25, -0.2) is 0 Å². The summed E-state index contributed by atoms with van der Waals surface area (Å²) in [7, 11) is 0. The van der Waals surface area contributed by atoms with Crippen molar-refractivity contribution in [3.8, 4) is 11.5 Å². The summed E-state index contributed by atoms with van der Waals surface area (Å²) >= 11 is 0.711. The number of hydrogen-bond acceptors (Lipinski definition) is 8. The molecule has 2 saturated heterocycles. The number of imide groups is 1. The summed E-state index contributed by atoms with van der Waals surface area (Å²) < 4.78 is 5.34. The quantitative estimate of drug-likeness (QED) is 0.465. The van der Waals surface area contributed by atoms with Crippen LogP contribution in [0.3, 0.4) is 0 Å². The van der Waals surface area contributed by atoms with Crippen LogP contribution in [0.15, 0.2) is 47.4 Å². The summed E-state index contributed by atoms with van der Waals surface area (Å²) in [6, 6.07) is 11.4. The molecule has 4 rings (SSSR count). The zero-order valence-electron chi connectivity index (χ0n) is 17.0. The zero-order valence-corrected chi connectivity index (χ0v) is 17.8. The SMILES string of the molecule is O=C(CN1C(=O)S/C(=C/c2ccc(O)c(O)c2)C1=O)Nc1ccc(N2CCOCC2)cc1. The Morgan fingerprint density at radius 3 is 2.47 bits per heavy atom. The number of ether oxygens (including phenoxy) is 1. The average Bonchev–Trinajstić information content (AvgIpc) is 3.04. The molecule has 3 amide bonds. The smallest absolute Gasteiger partial charge is 0.294 e. The molecule has 0 unspecified atom stereocenters. The first-order valence-corrected chi connectivity index (χ1v) is 10.7. The van der Waals surface area contributed by atoms with Gasteiger partial charge in [0.25, 0.3) is 11.1 Å². The van der Waals surface area contributed by atoms with E-state index >= 15 is 0 Å². The number of phenols is 2. The van der Waals surface area contributed by atoms with Gasteiger partial charge in [-0.05, 0) is 59.8 Å². The van der Waals surface area contributed by atoms with Gasteiger partial charge in [-0.15, -0.1) is 0 Å². The second kappa shape index (κ2) is 9.33. The minimum atomic E-state index is -0.592. The summed E-state index contributed by atoms with van der Waals surface area (Å²) in [5.74, 6) is -1.71. The van der Waals surface area contributed by atoms with Crippen LogP contribution in [-0.2, 0) is 14.3 Å². The number of carbonyl (C=O) groups is 3. The van der Waals surface area contributed by atoms with E-state index in [9.17, 15) is 24.6 Å². The molecule has 166 valence electrons. The number of morpholine rings is 1. The second-order valence-corrected chi connectivity index (χ2v) is 8.20. The van der Waals surface area contributed by atoms with Gasteiger partial charge in [0.15, 0.2) is 11.5 Å². The molecule has 0 saturated carbocycles. The van der Waals surface area contributed by atoms with Crippen LogP contribution >= 0.6 is 11.8 Å². The Kier molecular flexibility index (Phi) is 6.33. The van der Waals surface area contributed by atoms with Crippen LogP contribution in [0.2, 0.25) is 0 Å². The molecule has 0 spiro atoms. The minimum Gasteiger partial charge on any atom is -0.504 e. The van der Waals surface area contributed by atoms with Gasteiger partial charge in [0.05, 0.1) is 18.1 Å². The van der Waals surface area contributed by atoms with E-state index in [-0.39, 0.29) is 16.4 Å². The fraction of sp³-hybridized carbons (Fsp3) is 0.227. The summed E-state index contributed by atoms with van der Waals surface area (Å²) in [5.41, 5.74) is 2.03. The van der Waals surface area contributed by atoms with Crippen molar-refractivity contribution in [2.75, 3.05) is 43.1 Å². The van der Waals surface area contributed by atoms with E-state index < -0.39 is 23.6 Å². The Morgan fingerprint density at radius 2 is 1.78 bits per heavy atom. The van der Waals surface area contributed by atoms with Crippen molar-refractivity contribution in [3.05, 3.63) is 52.9 Å². The highest BCUT2D eigenvalue weighted by atomic mass is 32.2. The Balaban J connectivity index is 1.37. The number of phenolic OH excluding ortho intramolecular Hbond substituents is 2. The molecule has 2 fully saturated rings. The van der Waals surface area contributed by atoms with Crippen LogP contribution in [0.4, 0.5) is 16.2 Å². The van der Waals surface area contributed by atoms with Crippen molar-refractivity contribution in [2.45, 2.75) is 0 Å². The molecule has 2 heterocycles. The van der Waals surface area contributed by atoms with E-state index in [4.69, 9.17) is 4.74 Å². The standard InChI is InChI=1S/C22H21N3O6S/c26-17-6-1-14(11-18(17)27)12-19-21(29)25(22(30)32-19)13-20(28)23-15-2-4-16(5-3-15)24-7-9-31-10-8-24/h1-6,11-12,26-27H,7-10,13H2,(H,23,28)/b19-12+. The van der Waals surface area contributed by atoms with Crippen LogP contribution in [-0.4, -0.2) is 65.0 Å². The molecule has 2 aromatic carbocycles. The fourth-order valence-electron chi connectivity index (χ4n) is 3.34. The van der Waals surface area contributed by atoms with Crippen molar-refractivity contribution in [2.24, 2.45) is 0 Å². The molecule has 0 bridgehead atoms. The number of rotatable bonds is 5. The zero-order chi connectivity index (χ0) is 22.7. The van der Waals surface area contributed by atoms with E-state index in [0.717, 1.165) is 23.7 Å². The van der Waals surface area contributed by atoms with Gasteiger partial charge >= 0.3 is 0 Å². The van der Waals surface area contributed by atoms with Gasteiger partial charge in [-0.2, -0.15) is 0 Å². The number of amides is 3. The molecule has 9 nitrogen and oxygen atoms in total. The first kappa shape index (κ1) is 21.7. The highest BCUT2D eigenvalue weighted by Gasteiger charge is 2.36. The van der Waals surface area contributed by atoms with Gasteiger partial charge < -0.3 is 25.2 Å². The van der Waals surface area contributed by atoms with Gasteiger partial charge in [-0.1, -0.05) is 6.07 Å². The van der Waals surface area contributed by atoms with Crippen molar-refractivity contribution in [1.82, 2.24) is 4.90 Å². The first-order valence-electron chi connectivity index (χ1n) is 9.90. The van der Waals surface area contributed by atoms with Gasteiger partial charge in [-0.3, -0.25) is 19.3 Å². The fourth-order valence-corrected chi connectivity index (χ4v) is 4.18. The Bertz CT molecular complexity index is 1080. The number of nitrogens with one attached hydrogen (secondary N) is 1. The van der Waals surface area contributed by atoms with Crippen LogP contribution in [0.1, 0.15) is 5.56 Å². The summed E-state index contributed by atoms with van der Waals surface area (Å²) in [4.78, 5) is 40.5. The molecule has 3 N–H and O–H groups in total. The van der Waals surface area contributed by atoms with Crippen LogP contribution in [0.25, 0.3) is 6.08 Å². The number of benzene rings is 2. The van der Waals surface area contributed by atoms with E-state index in [1.54, 1.807) is 12.1 Å². The third-order valence-corrected chi connectivity index (χ3v) is 5.91.